The van der Waals surface area contributed by atoms with Crippen LogP contribution in [0.3, 0.4) is 0 Å². The second kappa shape index (κ2) is 5.01. The number of halogens is 2. The monoisotopic (exact) mass is 388 g/mol. The molecule has 16 heavy (non-hydrogen) atoms. The molecule has 3 nitrogen and oxygen atoms in total. The van der Waals surface area contributed by atoms with Crippen LogP contribution in [0.4, 0.5) is 0 Å². The molecule has 0 N–H and O–H groups in total. The van der Waals surface area contributed by atoms with Gasteiger partial charge in [0.15, 0.2) is 0 Å². The number of carbonyl (C=O) groups is 1. The van der Waals surface area contributed by atoms with Gasteiger partial charge < -0.3 is 0 Å². The molecule has 0 unspecified atom stereocenters. The molecular weight excluding hydrogens is 383 g/mol. The molecule has 0 amide bonds. The highest BCUT2D eigenvalue weighted by Gasteiger charge is 2.13. The van der Waals surface area contributed by atoms with Crippen molar-refractivity contribution in [2.24, 2.45) is 0 Å². The van der Waals surface area contributed by atoms with E-state index in [1.807, 2.05) is 12.1 Å². The molecule has 0 fully saturated rings. The van der Waals surface area contributed by atoms with Crippen LogP contribution in [-0.4, -0.2) is 15.8 Å². The highest BCUT2D eigenvalue weighted by atomic mass is 127. The summed E-state index contributed by atoms with van der Waals surface area (Å²) in [6.07, 6.45) is 4.53. The van der Waals surface area contributed by atoms with Crippen LogP contribution in [0.5, 0.6) is 0 Å². The van der Waals surface area contributed by atoms with Crippen molar-refractivity contribution in [1.82, 2.24) is 9.97 Å². The third-order valence-corrected chi connectivity index (χ3v) is 3.40. The van der Waals surface area contributed by atoms with Gasteiger partial charge in [-0.3, -0.25) is 9.78 Å². The number of hydrogen-bond donors (Lipinski definition) is 0. The van der Waals surface area contributed by atoms with Gasteiger partial charge in [0, 0.05) is 26.0 Å². The van der Waals surface area contributed by atoms with Crippen molar-refractivity contribution in [2.75, 3.05) is 0 Å². The first-order chi connectivity index (χ1) is 7.68. The summed E-state index contributed by atoms with van der Waals surface area (Å²) in [4.78, 5) is 20.0. The fourth-order valence-electron chi connectivity index (χ4n) is 1.23. The number of carbonyl (C=O) groups excluding carboxylic acids is 1. The van der Waals surface area contributed by atoms with E-state index in [9.17, 15) is 4.79 Å². The zero-order valence-electron chi connectivity index (χ0n) is 8.02. The van der Waals surface area contributed by atoms with Gasteiger partial charge in [0.05, 0.1) is 6.20 Å². The molecule has 0 saturated carbocycles. The zero-order chi connectivity index (χ0) is 11.5. The highest BCUT2D eigenvalue weighted by Crippen LogP contribution is 2.20. The number of aromatic nitrogens is 2. The Morgan fingerprint density at radius 1 is 1.31 bits per heavy atom. The molecule has 2 rings (SSSR count). The summed E-state index contributed by atoms with van der Waals surface area (Å²) in [5, 5.41) is 0. The van der Waals surface area contributed by atoms with Gasteiger partial charge in [-0.1, -0.05) is 15.9 Å². The summed E-state index contributed by atoms with van der Waals surface area (Å²) in [6, 6.07) is 5.57. The number of rotatable bonds is 2. The van der Waals surface area contributed by atoms with E-state index in [0.717, 1.165) is 8.04 Å². The predicted molar refractivity (Wildman–Crippen MR) is 72.3 cm³/mol. The van der Waals surface area contributed by atoms with E-state index >= 15 is 0 Å². The lowest BCUT2D eigenvalue weighted by molar-refractivity contribution is 0.103. The number of nitrogens with zero attached hydrogens (tertiary/aromatic N) is 2. The van der Waals surface area contributed by atoms with Gasteiger partial charge in [0.1, 0.15) is 5.69 Å². The van der Waals surface area contributed by atoms with E-state index in [-0.39, 0.29) is 5.78 Å². The number of hydrogen-bond acceptors (Lipinski definition) is 3. The minimum absolute atomic E-state index is 0.112. The molecule has 80 valence electrons. The van der Waals surface area contributed by atoms with E-state index in [2.05, 4.69) is 48.5 Å². The van der Waals surface area contributed by atoms with Crippen LogP contribution in [0.1, 0.15) is 16.1 Å². The van der Waals surface area contributed by atoms with Gasteiger partial charge in [0.25, 0.3) is 0 Å². The Hall–Kier alpha value is -0.820. The van der Waals surface area contributed by atoms with Gasteiger partial charge >= 0.3 is 0 Å². The largest absolute Gasteiger partial charge is 0.287 e. The minimum Gasteiger partial charge on any atom is -0.287 e. The standard InChI is InChI=1S/C11H6BrIN2O/c12-7-1-2-9(13)8(5-7)11(16)10-6-14-3-4-15-10/h1-6H. The lowest BCUT2D eigenvalue weighted by Crippen LogP contribution is -2.06. The number of benzene rings is 1. The predicted octanol–water partition coefficient (Wildman–Crippen LogP) is 3.07. The SMILES string of the molecule is O=C(c1cnccn1)c1cc(Br)ccc1I. The molecule has 0 bridgehead atoms. The molecule has 1 heterocycles. The molecular formula is C11H6BrIN2O. The summed E-state index contributed by atoms with van der Waals surface area (Å²) in [5.41, 5.74) is 0.994. The average molecular weight is 389 g/mol. The van der Waals surface area contributed by atoms with Crippen LogP contribution in [-0.2, 0) is 0 Å². The van der Waals surface area contributed by atoms with Gasteiger partial charge in [-0.25, -0.2) is 4.98 Å². The van der Waals surface area contributed by atoms with Gasteiger partial charge in [-0.2, -0.15) is 0 Å². The summed E-state index contributed by atoms with van der Waals surface area (Å²) in [5.74, 6) is -0.112. The molecule has 0 aliphatic carbocycles. The summed E-state index contributed by atoms with van der Waals surface area (Å²) < 4.78 is 1.77. The third-order valence-electron chi connectivity index (χ3n) is 1.97. The Bertz CT molecular complexity index is 531. The molecule has 1 aromatic heterocycles. The molecule has 0 aliphatic rings. The van der Waals surface area contributed by atoms with Crippen molar-refractivity contribution in [2.45, 2.75) is 0 Å². The van der Waals surface area contributed by atoms with Gasteiger partial charge in [-0.05, 0) is 40.8 Å². The Morgan fingerprint density at radius 2 is 2.12 bits per heavy atom. The summed E-state index contributed by atoms with van der Waals surface area (Å²) in [7, 11) is 0. The van der Waals surface area contributed by atoms with E-state index in [1.54, 1.807) is 12.3 Å². The van der Waals surface area contributed by atoms with Crippen LogP contribution < -0.4 is 0 Å². The third kappa shape index (κ3) is 2.46. The van der Waals surface area contributed by atoms with Crippen LogP contribution in [0.25, 0.3) is 0 Å². The first-order valence-electron chi connectivity index (χ1n) is 4.44. The summed E-state index contributed by atoms with van der Waals surface area (Å²) >= 11 is 5.47. The van der Waals surface area contributed by atoms with Crippen molar-refractivity contribution < 1.29 is 4.79 Å². The van der Waals surface area contributed by atoms with Crippen molar-refractivity contribution in [3.63, 3.8) is 0 Å². The van der Waals surface area contributed by atoms with Crippen molar-refractivity contribution in [1.29, 1.82) is 0 Å². The molecule has 0 radical (unpaired) electrons. The summed E-state index contributed by atoms with van der Waals surface area (Å²) in [6.45, 7) is 0. The van der Waals surface area contributed by atoms with Gasteiger partial charge in [0.2, 0.25) is 5.78 Å². The molecule has 1 aromatic carbocycles. The van der Waals surface area contributed by atoms with Crippen LogP contribution in [0.2, 0.25) is 0 Å². The molecule has 0 spiro atoms. The molecule has 2 aromatic rings. The van der Waals surface area contributed by atoms with E-state index < -0.39 is 0 Å². The molecule has 5 heteroatoms. The maximum absolute atomic E-state index is 12.1. The fourth-order valence-corrected chi connectivity index (χ4v) is 2.17. The molecule has 0 aliphatic heterocycles. The lowest BCUT2D eigenvalue weighted by atomic mass is 10.1. The second-order valence-electron chi connectivity index (χ2n) is 3.04. The average Bonchev–Trinajstić information content (AvgIpc) is 2.32. The minimum atomic E-state index is -0.112. The van der Waals surface area contributed by atoms with Crippen LogP contribution in [0.15, 0.2) is 41.3 Å². The Labute approximate surface area is 115 Å². The topological polar surface area (TPSA) is 42.9 Å². The highest BCUT2D eigenvalue weighted by molar-refractivity contribution is 14.1. The van der Waals surface area contributed by atoms with Crippen molar-refractivity contribution in [3.05, 3.63) is 56.1 Å². The van der Waals surface area contributed by atoms with E-state index in [0.29, 0.717) is 11.3 Å². The quantitative estimate of drug-likeness (QED) is 0.586. The van der Waals surface area contributed by atoms with E-state index in [1.165, 1.54) is 12.4 Å². The maximum atomic E-state index is 12.1. The number of ketones is 1. The van der Waals surface area contributed by atoms with Crippen molar-refractivity contribution in [3.8, 4) is 0 Å². The molecule has 0 atom stereocenters. The Morgan fingerprint density at radius 3 is 2.81 bits per heavy atom. The molecule has 0 saturated heterocycles. The first-order valence-corrected chi connectivity index (χ1v) is 6.31. The van der Waals surface area contributed by atoms with Gasteiger partial charge in [-0.15, -0.1) is 0 Å². The van der Waals surface area contributed by atoms with Crippen LogP contribution in [0, 0.1) is 3.57 Å². The Kier molecular flexibility index (Phi) is 3.65. The normalized spacial score (nSPS) is 10.1. The lowest BCUT2D eigenvalue weighted by Gasteiger charge is -2.03. The van der Waals surface area contributed by atoms with Crippen molar-refractivity contribution >= 4 is 44.3 Å². The smallest absolute Gasteiger partial charge is 0.214 e. The van der Waals surface area contributed by atoms with E-state index in [4.69, 9.17) is 0 Å². The Balaban J connectivity index is 2.46. The second-order valence-corrected chi connectivity index (χ2v) is 5.12. The fraction of sp³-hybridized carbons (Fsp3) is 0. The first kappa shape index (κ1) is 11.7. The zero-order valence-corrected chi connectivity index (χ0v) is 11.8. The maximum Gasteiger partial charge on any atom is 0.214 e. The van der Waals surface area contributed by atoms with Crippen LogP contribution >= 0.6 is 38.5 Å².